The molecule has 0 saturated carbocycles. The molecule has 0 spiro atoms. The van der Waals surface area contributed by atoms with E-state index in [9.17, 15) is 4.79 Å². The lowest BCUT2D eigenvalue weighted by Gasteiger charge is -2.30. The Morgan fingerprint density at radius 3 is 2.06 bits per heavy atom. The van der Waals surface area contributed by atoms with E-state index in [-0.39, 0.29) is 12.4 Å². The largest absolute Gasteiger partial charge is 0.339 e. The molecule has 1 aliphatic rings. The quantitative estimate of drug-likeness (QED) is 0.306. The van der Waals surface area contributed by atoms with Gasteiger partial charge in [-0.15, -0.1) is 0 Å². The van der Waals surface area contributed by atoms with Crippen molar-refractivity contribution in [3.8, 4) is 0 Å². The molecule has 0 amide bonds. The van der Waals surface area contributed by atoms with E-state index in [2.05, 4.69) is 18.2 Å². The van der Waals surface area contributed by atoms with Gasteiger partial charge in [0.25, 0.3) is 0 Å². The van der Waals surface area contributed by atoms with Gasteiger partial charge in [-0.05, 0) is 21.5 Å². The van der Waals surface area contributed by atoms with Crippen LogP contribution < -0.4 is 0 Å². The fourth-order valence-corrected chi connectivity index (χ4v) is 4.82. The van der Waals surface area contributed by atoms with Crippen LogP contribution >= 0.6 is 0 Å². The van der Waals surface area contributed by atoms with Crippen LogP contribution in [0.5, 0.6) is 0 Å². The zero-order chi connectivity index (χ0) is 22.3. The average Bonchev–Trinajstić information content (AvgIpc) is 3.35. The summed E-state index contributed by atoms with van der Waals surface area (Å²) in [5.41, 5.74) is 2.43. The number of rotatable bonds is 4. The Morgan fingerprint density at radius 2 is 1.27 bits per heavy atom. The first kappa shape index (κ1) is 19.9. The zero-order valence-corrected chi connectivity index (χ0v) is 18.0. The molecule has 0 aromatic heterocycles. The molecular formula is C30H22O3. The summed E-state index contributed by atoms with van der Waals surface area (Å²) in [5.74, 6) is -1.22. The maximum absolute atomic E-state index is 13.7. The predicted octanol–water partition coefficient (Wildman–Crippen LogP) is 6.49. The molecule has 1 fully saturated rings. The van der Waals surface area contributed by atoms with Crippen molar-refractivity contribution in [1.29, 1.82) is 0 Å². The summed E-state index contributed by atoms with van der Waals surface area (Å²) in [5, 5.41) is 4.10. The number of benzene rings is 5. The third kappa shape index (κ3) is 3.25. The summed E-state index contributed by atoms with van der Waals surface area (Å²) in [6, 6.07) is 37.9. The molecule has 1 aliphatic heterocycles. The Labute approximate surface area is 192 Å². The molecule has 1 saturated heterocycles. The zero-order valence-electron chi connectivity index (χ0n) is 18.0. The van der Waals surface area contributed by atoms with Crippen molar-refractivity contribution < 1.29 is 14.3 Å². The molecule has 6 rings (SSSR count). The SMILES string of the molecule is O=C(c1cccc2ccccc12)C1COC(c2ccccc2)(c2cccc3ccccc23)O1. The minimum absolute atomic E-state index is 0.0650. The van der Waals surface area contributed by atoms with Crippen LogP contribution in [0, 0.1) is 0 Å². The van der Waals surface area contributed by atoms with Gasteiger partial charge in [0.15, 0.2) is 5.78 Å². The Kier molecular flexibility index (Phi) is 4.79. The third-order valence-electron chi connectivity index (χ3n) is 6.39. The van der Waals surface area contributed by atoms with Gasteiger partial charge in [0, 0.05) is 16.7 Å². The van der Waals surface area contributed by atoms with Gasteiger partial charge in [-0.25, -0.2) is 0 Å². The van der Waals surface area contributed by atoms with Crippen molar-refractivity contribution in [2.24, 2.45) is 0 Å². The molecule has 1 heterocycles. The number of fused-ring (bicyclic) bond motifs is 2. The van der Waals surface area contributed by atoms with Crippen molar-refractivity contribution >= 4 is 27.3 Å². The van der Waals surface area contributed by atoms with E-state index in [1.165, 1.54) is 0 Å². The van der Waals surface area contributed by atoms with Crippen LogP contribution in [0.3, 0.4) is 0 Å². The van der Waals surface area contributed by atoms with E-state index in [1.807, 2.05) is 97.1 Å². The summed E-state index contributed by atoms with van der Waals surface area (Å²) in [7, 11) is 0. The maximum Gasteiger partial charge on any atom is 0.223 e. The lowest BCUT2D eigenvalue weighted by Crippen LogP contribution is -2.32. The van der Waals surface area contributed by atoms with Gasteiger partial charge in [-0.2, -0.15) is 0 Å². The molecule has 33 heavy (non-hydrogen) atoms. The Morgan fingerprint density at radius 1 is 0.667 bits per heavy atom. The number of carbonyl (C=O) groups is 1. The Bertz CT molecular complexity index is 1460. The molecule has 5 aromatic carbocycles. The standard InChI is InChI=1S/C30H22O3/c31-29(26-18-8-12-21-10-4-6-16-24(21)26)28-20-32-30(33-28,23-14-2-1-3-15-23)27-19-9-13-22-11-5-7-17-25(22)27/h1-19,28H,20H2. The number of hydrogen-bond donors (Lipinski definition) is 0. The van der Waals surface area contributed by atoms with Crippen LogP contribution in [0.4, 0.5) is 0 Å². The predicted molar refractivity (Wildman–Crippen MR) is 130 cm³/mol. The highest BCUT2D eigenvalue weighted by Crippen LogP contribution is 2.44. The summed E-state index contributed by atoms with van der Waals surface area (Å²) >= 11 is 0. The van der Waals surface area contributed by atoms with Crippen LogP contribution in [0.2, 0.25) is 0 Å². The average molecular weight is 431 g/mol. The molecule has 0 bridgehead atoms. The molecule has 2 unspecified atom stereocenters. The van der Waals surface area contributed by atoms with Gasteiger partial charge in [0.2, 0.25) is 5.79 Å². The normalized spacial score (nSPS) is 20.3. The van der Waals surface area contributed by atoms with Crippen LogP contribution in [0.15, 0.2) is 115 Å². The smallest absolute Gasteiger partial charge is 0.223 e. The molecule has 0 aliphatic carbocycles. The summed E-state index contributed by atoms with van der Waals surface area (Å²) < 4.78 is 13.1. The Balaban J connectivity index is 1.47. The fraction of sp³-hybridized carbons (Fsp3) is 0.100. The third-order valence-corrected chi connectivity index (χ3v) is 6.39. The monoisotopic (exact) mass is 430 g/mol. The fourth-order valence-electron chi connectivity index (χ4n) is 4.82. The van der Waals surface area contributed by atoms with Gasteiger partial charge in [-0.3, -0.25) is 4.79 Å². The topological polar surface area (TPSA) is 35.5 Å². The van der Waals surface area contributed by atoms with Gasteiger partial charge in [0.05, 0.1) is 6.61 Å². The highest BCUT2D eigenvalue weighted by atomic mass is 16.7. The molecule has 2 atom stereocenters. The minimum atomic E-state index is -1.16. The Hall–Kier alpha value is -3.79. The van der Waals surface area contributed by atoms with Crippen LogP contribution in [-0.4, -0.2) is 18.5 Å². The summed E-state index contributed by atoms with van der Waals surface area (Å²) in [6.07, 6.45) is -0.713. The highest BCUT2D eigenvalue weighted by molar-refractivity contribution is 6.10. The van der Waals surface area contributed by atoms with E-state index >= 15 is 0 Å². The van der Waals surface area contributed by atoms with E-state index in [4.69, 9.17) is 9.47 Å². The van der Waals surface area contributed by atoms with E-state index in [1.54, 1.807) is 0 Å². The number of ketones is 1. The van der Waals surface area contributed by atoms with Crippen molar-refractivity contribution in [3.05, 3.63) is 132 Å². The molecule has 5 aromatic rings. The van der Waals surface area contributed by atoms with Crippen LogP contribution in [0.25, 0.3) is 21.5 Å². The molecule has 0 radical (unpaired) electrons. The number of ether oxygens (including phenoxy) is 2. The second-order valence-corrected chi connectivity index (χ2v) is 8.32. The van der Waals surface area contributed by atoms with Crippen LogP contribution in [0.1, 0.15) is 21.5 Å². The molecule has 3 heteroatoms. The van der Waals surface area contributed by atoms with Crippen molar-refractivity contribution in [2.75, 3.05) is 6.61 Å². The molecule has 0 N–H and O–H groups in total. The van der Waals surface area contributed by atoms with Gasteiger partial charge in [0.1, 0.15) is 6.10 Å². The first-order valence-electron chi connectivity index (χ1n) is 11.1. The second kappa shape index (κ2) is 7.96. The number of hydrogen-bond acceptors (Lipinski definition) is 3. The van der Waals surface area contributed by atoms with E-state index < -0.39 is 11.9 Å². The van der Waals surface area contributed by atoms with Crippen molar-refractivity contribution in [3.63, 3.8) is 0 Å². The van der Waals surface area contributed by atoms with Gasteiger partial charge >= 0.3 is 0 Å². The van der Waals surface area contributed by atoms with Crippen molar-refractivity contribution in [1.82, 2.24) is 0 Å². The highest BCUT2D eigenvalue weighted by Gasteiger charge is 2.48. The summed E-state index contributed by atoms with van der Waals surface area (Å²) in [6.45, 7) is 0.181. The lowest BCUT2D eigenvalue weighted by atomic mass is 9.92. The first-order chi connectivity index (χ1) is 16.3. The molecule has 160 valence electrons. The number of carbonyl (C=O) groups excluding carboxylic acids is 1. The first-order valence-corrected chi connectivity index (χ1v) is 11.1. The second-order valence-electron chi connectivity index (χ2n) is 8.32. The number of Topliss-reactive ketones (excluding diaryl/α,β-unsaturated/α-hetero) is 1. The minimum Gasteiger partial charge on any atom is -0.339 e. The summed E-state index contributed by atoms with van der Waals surface area (Å²) in [4.78, 5) is 13.7. The molecular weight excluding hydrogens is 408 g/mol. The van der Waals surface area contributed by atoms with Gasteiger partial charge < -0.3 is 9.47 Å². The van der Waals surface area contributed by atoms with E-state index in [0.717, 1.165) is 32.7 Å². The van der Waals surface area contributed by atoms with Gasteiger partial charge in [-0.1, -0.05) is 115 Å². The van der Waals surface area contributed by atoms with E-state index in [0.29, 0.717) is 5.56 Å². The maximum atomic E-state index is 13.7. The lowest BCUT2D eigenvalue weighted by molar-refractivity contribution is -0.136. The van der Waals surface area contributed by atoms with Crippen molar-refractivity contribution in [2.45, 2.75) is 11.9 Å². The van der Waals surface area contributed by atoms with Crippen LogP contribution in [-0.2, 0) is 15.3 Å². The molecule has 3 nitrogen and oxygen atoms in total.